The van der Waals surface area contributed by atoms with Crippen molar-refractivity contribution in [1.82, 2.24) is 25.1 Å². The summed E-state index contributed by atoms with van der Waals surface area (Å²) in [6.07, 6.45) is 4.03. The molecule has 1 N–H and O–H groups in total. The summed E-state index contributed by atoms with van der Waals surface area (Å²) in [7, 11) is 0. The molecule has 1 aliphatic heterocycles. The van der Waals surface area contributed by atoms with Gasteiger partial charge in [-0.2, -0.15) is 4.52 Å². The topological polar surface area (TPSA) is 75.4 Å². The van der Waals surface area contributed by atoms with Gasteiger partial charge in [0.15, 0.2) is 11.5 Å². The molecule has 1 aliphatic rings. The Morgan fingerprint density at radius 2 is 2.04 bits per heavy atom. The summed E-state index contributed by atoms with van der Waals surface area (Å²) in [6, 6.07) is 13.8. The van der Waals surface area contributed by atoms with E-state index in [2.05, 4.69) is 27.3 Å². The number of nitrogens with zero attached hydrogens (tertiary/aromatic N) is 5. The third-order valence-corrected chi connectivity index (χ3v) is 5.23. The van der Waals surface area contributed by atoms with Crippen LogP contribution < -0.4 is 10.2 Å². The number of aromatic nitrogens is 4. The highest BCUT2D eigenvalue weighted by molar-refractivity contribution is 5.79. The number of unbranched alkanes of at least 4 members (excludes halogenated alkanes) is 1. The molecule has 1 amide bonds. The van der Waals surface area contributed by atoms with Crippen LogP contribution in [0.15, 0.2) is 42.5 Å². The summed E-state index contributed by atoms with van der Waals surface area (Å²) in [6.45, 7) is 4.49. The Bertz CT molecular complexity index is 938. The fraction of sp³-hybridized carbons (Fsp3) is 0.429. The minimum Gasteiger partial charge on any atom is -0.356 e. The van der Waals surface area contributed by atoms with Gasteiger partial charge in [-0.15, -0.1) is 15.3 Å². The number of carbonyl (C=O) groups excluding carboxylic acids is 1. The number of hydrogen-bond donors (Lipinski definition) is 1. The third kappa shape index (κ3) is 3.83. The molecule has 7 nitrogen and oxygen atoms in total. The van der Waals surface area contributed by atoms with Crippen molar-refractivity contribution in [3.05, 3.63) is 42.5 Å². The normalized spacial score (nSPS) is 17.0. The first-order valence-corrected chi connectivity index (χ1v) is 10.1. The first-order chi connectivity index (χ1) is 13.8. The second-order valence-electron chi connectivity index (χ2n) is 7.28. The third-order valence-electron chi connectivity index (χ3n) is 5.23. The average molecular weight is 378 g/mol. The monoisotopic (exact) mass is 378 g/mol. The Morgan fingerprint density at radius 3 is 2.86 bits per heavy atom. The van der Waals surface area contributed by atoms with Crippen molar-refractivity contribution in [2.75, 3.05) is 24.5 Å². The molecule has 2 aromatic heterocycles. The van der Waals surface area contributed by atoms with Gasteiger partial charge >= 0.3 is 0 Å². The second-order valence-corrected chi connectivity index (χ2v) is 7.28. The molecule has 1 aromatic carbocycles. The van der Waals surface area contributed by atoms with Gasteiger partial charge in [-0.05, 0) is 31.4 Å². The van der Waals surface area contributed by atoms with E-state index < -0.39 is 0 Å². The van der Waals surface area contributed by atoms with E-state index >= 15 is 0 Å². The fourth-order valence-electron chi connectivity index (χ4n) is 3.65. The summed E-state index contributed by atoms with van der Waals surface area (Å²) in [5.74, 6) is 1.75. The van der Waals surface area contributed by atoms with Crippen LogP contribution in [0.25, 0.3) is 17.0 Å². The maximum Gasteiger partial charge on any atom is 0.224 e. The van der Waals surface area contributed by atoms with Crippen molar-refractivity contribution in [3.63, 3.8) is 0 Å². The quantitative estimate of drug-likeness (QED) is 0.668. The molecule has 4 rings (SSSR count). The van der Waals surface area contributed by atoms with Crippen LogP contribution in [0.3, 0.4) is 0 Å². The van der Waals surface area contributed by atoms with Crippen LogP contribution in [0.4, 0.5) is 5.82 Å². The number of fused-ring (bicyclic) bond motifs is 1. The van der Waals surface area contributed by atoms with Gasteiger partial charge in [0.1, 0.15) is 5.82 Å². The van der Waals surface area contributed by atoms with Gasteiger partial charge in [0.25, 0.3) is 0 Å². The maximum absolute atomic E-state index is 12.5. The molecular formula is C21H26N6O. The highest BCUT2D eigenvalue weighted by atomic mass is 16.1. The van der Waals surface area contributed by atoms with Crippen LogP contribution in [0.5, 0.6) is 0 Å². The molecule has 7 heteroatoms. The summed E-state index contributed by atoms with van der Waals surface area (Å²) in [4.78, 5) is 14.7. The number of amides is 1. The molecular weight excluding hydrogens is 352 g/mol. The zero-order chi connectivity index (χ0) is 19.3. The summed E-state index contributed by atoms with van der Waals surface area (Å²) >= 11 is 0. The number of nitrogens with one attached hydrogen (secondary N) is 1. The van der Waals surface area contributed by atoms with Gasteiger partial charge in [-0.25, -0.2) is 0 Å². The van der Waals surface area contributed by atoms with Crippen LogP contribution in [0, 0.1) is 5.92 Å². The smallest absolute Gasteiger partial charge is 0.224 e. The molecule has 0 radical (unpaired) electrons. The predicted molar refractivity (Wildman–Crippen MR) is 109 cm³/mol. The van der Waals surface area contributed by atoms with Crippen molar-refractivity contribution in [2.24, 2.45) is 5.92 Å². The van der Waals surface area contributed by atoms with Crippen LogP contribution in [0.1, 0.15) is 32.6 Å². The minimum atomic E-state index is 0.0117. The van der Waals surface area contributed by atoms with Gasteiger partial charge in [-0.1, -0.05) is 43.7 Å². The average Bonchev–Trinajstić information content (AvgIpc) is 3.18. The van der Waals surface area contributed by atoms with Gasteiger partial charge < -0.3 is 10.2 Å². The fourth-order valence-corrected chi connectivity index (χ4v) is 3.65. The minimum absolute atomic E-state index is 0.0117. The highest BCUT2D eigenvalue weighted by Gasteiger charge is 2.26. The Morgan fingerprint density at radius 1 is 1.18 bits per heavy atom. The first-order valence-electron chi connectivity index (χ1n) is 10.1. The Balaban J connectivity index is 1.54. The van der Waals surface area contributed by atoms with E-state index in [4.69, 9.17) is 5.10 Å². The molecule has 0 spiro atoms. The van der Waals surface area contributed by atoms with Crippen LogP contribution in [-0.4, -0.2) is 45.4 Å². The van der Waals surface area contributed by atoms with Crippen LogP contribution in [-0.2, 0) is 4.79 Å². The van der Waals surface area contributed by atoms with Crippen molar-refractivity contribution >= 4 is 17.4 Å². The van der Waals surface area contributed by atoms with Crippen LogP contribution in [0.2, 0.25) is 0 Å². The van der Waals surface area contributed by atoms with E-state index in [0.717, 1.165) is 56.0 Å². The lowest BCUT2D eigenvalue weighted by Gasteiger charge is -2.32. The highest BCUT2D eigenvalue weighted by Crippen LogP contribution is 2.24. The van der Waals surface area contributed by atoms with E-state index in [1.165, 1.54) is 0 Å². The summed E-state index contributed by atoms with van der Waals surface area (Å²) in [5, 5.41) is 16.4. The largest absolute Gasteiger partial charge is 0.356 e. The van der Waals surface area contributed by atoms with E-state index in [0.29, 0.717) is 12.2 Å². The standard InChI is InChI=1S/C21H26N6O/c1-2-3-13-22-21(28)17-10-7-14-26(15-17)19-12-11-18-23-24-20(27(18)25-19)16-8-5-4-6-9-16/h4-6,8-9,11-12,17H,2-3,7,10,13-15H2,1H3,(H,22,28). The summed E-state index contributed by atoms with van der Waals surface area (Å²) in [5.41, 5.74) is 1.69. The van der Waals surface area contributed by atoms with E-state index in [1.807, 2.05) is 42.5 Å². The first kappa shape index (κ1) is 18.4. The lowest BCUT2D eigenvalue weighted by atomic mass is 9.97. The molecule has 1 saturated heterocycles. The van der Waals surface area contributed by atoms with Crippen molar-refractivity contribution in [2.45, 2.75) is 32.6 Å². The van der Waals surface area contributed by atoms with Gasteiger partial charge in [0.2, 0.25) is 5.91 Å². The van der Waals surface area contributed by atoms with E-state index in [9.17, 15) is 4.79 Å². The molecule has 28 heavy (non-hydrogen) atoms. The van der Waals surface area contributed by atoms with Crippen LogP contribution >= 0.6 is 0 Å². The molecule has 0 aliphatic carbocycles. The SMILES string of the molecule is CCCCNC(=O)C1CCCN(c2ccc3nnc(-c4ccccc4)n3n2)C1. The number of carbonyl (C=O) groups is 1. The summed E-state index contributed by atoms with van der Waals surface area (Å²) < 4.78 is 1.79. The number of rotatable bonds is 6. The zero-order valence-electron chi connectivity index (χ0n) is 16.2. The Kier molecular flexibility index (Phi) is 5.50. The number of hydrogen-bond acceptors (Lipinski definition) is 5. The Labute approximate surface area is 164 Å². The molecule has 1 atom stereocenters. The molecule has 3 heterocycles. The molecule has 146 valence electrons. The lowest BCUT2D eigenvalue weighted by Crippen LogP contribution is -2.43. The zero-order valence-corrected chi connectivity index (χ0v) is 16.2. The molecule has 0 saturated carbocycles. The van der Waals surface area contributed by atoms with Crippen molar-refractivity contribution in [3.8, 4) is 11.4 Å². The molecule has 1 fully saturated rings. The second kappa shape index (κ2) is 8.37. The lowest BCUT2D eigenvalue weighted by molar-refractivity contribution is -0.125. The van der Waals surface area contributed by atoms with Gasteiger partial charge in [0, 0.05) is 25.2 Å². The van der Waals surface area contributed by atoms with Gasteiger partial charge in [0.05, 0.1) is 5.92 Å². The molecule has 1 unspecified atom stereocenters. The molecule has 0 bridgehead atoms. The number of benzene rings is 1. The predicted octanol–water partition coefficient (Wildman–Crippen LogP) is 2.92. The van der Waals surface area contributed by atoms with Crippen molar-refractivity contribution < 1.29 is 4.79 Å². The van der Waals surface area contributed by atoms with E-state index in [-0.39, 0.29) is 11.8 Å². The number of anilines is 1. The number of piperidine rings is 1. The van der Waals surface area contributed by atoms with Crippen molar-refractivity contribution in [1.29, 1.82) is 0 Å². The van der Waals surface area contributed by atoms with E-state index in [1.54, 1.807) is 4.52 Å². The molecule has 3 aromatic rings. The van der Waals surface area contributed by atoms with Gasteiger partial charge in [-0.3, -0.25) is 4.79 Å². The maximum atomic E-state index is 12.5. The Hall–Kier alpha value is -2.96.